The molecular formula is C19H19ClFN5O2S. The number of rotatable bonds is 5. The van der Waals surface area contributed by atoms with Crippen molar-refractivity contribution in [3.8, 4) is 0 Å². The third-order valence-electron chi connectivity index (χ3n) is 4.80. The van der Waals surface area contributed by atoms with E-state index in [2.05, 4.69) is 15.4 Å². The van der Waals surface area contributed by atoms with Crippen LogP contribution < -0.4 is 11.0 Å². The van der Waals surface area contributed by atoms with Gasteiger partial charge in [-0.05, 0) is 31.0 Å². The zero-order chi connectivity index (χ0) is 20.4. The standard InChI is InChI=1S/C19H19ClFN5O2S/c20-12-6-7-15(14(21)10-12)23-16(27)11-26-19(28)25-9-8-22-18(17(25)24-26)29-13-4-2-1-3-5-13/h6-10,13H,1-5,11H2,(H,23,27). The summed E-state index contributed by atoms with van der Waals surface area (Å²) in [4.78, 5) is 29.3. The molecule has 7 nitrogen and oxygen atoms in total. The Morgan fingerprint density at radius 3 is 2.86 bits per heavy atom. The Bertz CT molecular complexity index is 1110. The maximum absolute atomic E-state index is 13.9. The molecule has 1 aliphatic rings. The van der Waals surface area contributed by atoms with Crippen molar-refractivity contribution in [1.82, 2.24) is 19.2 Å². The van der Waals surface area contributed by atoms with Crippen molar-refractivity contribution in [2.45, 2.75) is 48.9 Å². The molecule has 0 spiro atoms. The number of fused-ring (bicyclic) bond motifs is 1. The number of carbonyl (C=O) groups is 1. The van der Waals surface area contributed by atoms with Crippen LogP contribution in [0.15, 0.2) is 40.4 Å². The van der Waals surface area contributed by atoms with Crippen molar-refractivity contribution in [2.24, 2.45) is 0 Å². The van der Waals surface area contributed by atoms with Gasteiger partial charge in [0.25, 0.3) is 0 Å². The van der Waals surface area contributed by atoms with Crippen molar-refractivity contribution >= 4 is 40.6 Å². The predicted molar refractivity (Wildman–Crippen MR) is 110 cm³/mol. The van der Waals surface area contributed by atoms with Crippen LogP contribution in [0.2, 0.25) is 5.02 Å². The van der Waals surface area contributed by atoms with E-state index < -0.39 is 17.4 Å². The summed E-state index contributed by atoms with van der Waals surface area (Å²) < 4.78 is 16.3. The molecule has 0 atom stereocenters. The van der Waals surface area contributed by atoms with Gasteiger partial charge in [0.1, 0.15) is 17.4 Å². The fourth-order valence-electron chi connectivity index (χ4n) is 3.37. The van der Waals surface area contributed by atoms with E-state index in [4.69, 9.17) is 11.6 Å². The van der Waals surface area contributed by atoms with Crippen LogP contribution in [0, 0.1) is 5.82 Å². The summed E-state index contributed by atoms with van der Waals surface area (Å²) in [5, 5.41) is 8.11. The van der Waals surface area contributed by atoms with Crippen molar-refractivity contribution in [2.75, 3.05) is 5.32 Å². The highest BCUT2D eigenvalue weighted by Crippen LogP contribution is 2.33. The summed E-state index contributed by atoms with van der Waals surface area (Å²) in [7, 11) is 0. The summed E-state index contributed by atoms with van der Waals surface area (Å²) in [6.45, 7) is -0.337. The lowest BCUT2D eigenvalue weighted by Crippen LogP contribution is -2.28. The van der Waals surface area contributed by atoms with E-state index in [0.29, 0.717) is 15.9 Å². The monoisotopic (exact) mass is 435 g/mol. The number of nitrogens with zero attached hydrogens (tertiary/aromatic N) is 4. The van der Waals surface area contributed by atoms with E-state index in [1.54, 1.807) is 18.0 Å². The van der Waals surface area contributed by atoms with Gasteiger partial charge in [0.2, 0.25) is 5.91 Å². The van der Waals surface area contributed by atoms with Gasteiger partial charge in [-0.15, -0.1) is 5.10 Å². The summed E-state index contributed by atoms with van der Waals surface area (Å²) in [5.41, 5.74) is -0.0235. The zero-order valence-corrected chi connectivity index (χ0v) is 17.0. The van der Waals surface area contributed by atoms with Gasteiger partial charge in [-0.25, -0.2) is 23.3 Å². The average Bonchev–Trinajstić information content (AvgIpc) is 3.02. The van der Waals surface area contributed by atoms with Gasteiger partial charge in [-0.3, -0.25) is 4.79 Å². The second-order valence-corrected chi connectivity index (χ2v) is 8.64. The average molecular weight is 436 g/mol. The molecule has 0 bridgehead atoms. The molecular weight excluding hydrogens is 417 g/mol. The first-order valence-electron chi connectivity index (χ1n) is 9.37. The maximum Gasteiger partial charge on any atom is 0.350 e. The predicted octanol–water partition coefficient (Wildman–Crippen LogP) is 3.75. The van der Waals surface area contributed by atoms with Crippen LogP contribution in [0.25, 0.3) is 5.65 Å². The van der Waals surface area contributed by atoms with Gasteiger partial charge in [0.15, 0.2) is 5.65 Å². The lowest BCUT2D eigenvalue weighted by molar-refractivity contribution is -0.117. The van der Waals surface area contributed by atoms with Crippen molar-refractivity contribution < 1.29 is 9.18 Å². The van der Waals surface area contributed by atoms with Gasteiger partial charge >= 0.3 is 5.69 Å². The van der Waals surface area contributed by atoms with Gasteiger partial charge in [-0.2, -0.15) is 0 Å². The molecule has 1 saturated carbocycles. The highest BCUT2D eigenvalue weighted by molar-refractivity contribution is 8.00. The lowest BCUT2D eigenvalue weighted by atomic mass is 10.0. The Balaban J connectivity index is 1.54. The highest BCUT2D eigenvalue weighted by atomic mass is 35.5. The van der Waals surface area contributed by atoms with Crippen LogP contribution in [0.1, 0.15) is 32.1 Å². The van der Waals surface area contributed by atoms with Gasteiger partial charge in [0, 0.05) is 22.7 Å². The van der Waals surface area contributed by atoms with Crippen molar-refractivity contribution in [3.05, 3.63) is 51.9 Å². The number of amides is 1. The van der Waals surface area contributed by atoms with Gasteiger partial charge in [-0.1, -0.05) is 42.6 Å². The molecule has 0 unspecified atom stereocenters. The number of nitrogens with one attached hydrogen (secondary N) is 1. The Kier molecular flexibility index (Phi) is 5.86. The molecule has 0 saturated heterocycles. The Labute approximate surface area is 175 Å². The number of halogens is 2. The number of anilines is 1. The number of benzene rings is 1. The molecule has 3 aromatic rings. The molecule has 1 aliphatic carbocycles. The molecule has 0 aliphatic heterocycles. The minimum atomic E-state index is -0.649. The topological polar surface area (TPSA) is 81.3 Å². The molecule has 152 valence electrons. The minimum Gasteiger partial charge on any atom is -0.322 e. The van der Waals surface area contributed by atoms with Crippen LogP contribution in [0.4, 0.5) is 10.1 Å². The molecule has 1 aromatic carbocycles. The summed E-state index contributed by atoms with van der Waals surface area (Å²) in [6.07, 6.45) is 8.98. The highest BCUT2D eigenvalue weighted by Gasteiger charge is 2.20. The number of carbonyl (C=O) groups excluding carboxylic acids is 1. The lowest BCUT2D eigenvalue weighted by Gasteiger charge is -2.20. The number of hydrogen-bond donors (Lipinski definition) is 1. The van der Waals surface area contributed by atoms with E-state index in [1.165, 1.54) is 42.0 Å². The molecule has 4 rings (SSSR count). The third kappa shape index (κ3) is 4.45. The summed E-state index contributed by atoms with van der Waals surface area (Å²) in [6, 6.07) is 3.94. The van der Waals surface area contributed by atoms with E-state index in [-0.39, 0.29) is 17.3 Å². The smallest absolute Gasteiger partial charge is 0.322 e. The van der Waals surface area contributed by atoms with E-state index in [1.807, 2.05) is 0 Å². The Morgan fingerprint density at radius 1 is 1.31 bits per heavy atom. The molecule has 29 heavy (non-hydrogen) atoms. The number of aromatic nitrogens is 4. The number of hydrogen-bond acceptors (Lipinski definition) is 5. The largest absolute Gasteiger partial charge is 0.350 e. The Morgan fingerprint density at radius 2 is 2.10 bits per heavy atom. The van der Waals surface area contributed by atoms with Crippen LogP contribution in [-0.2, 0) is 11.3 Å². The first-order chi connectivity index (χ1) is 14.0. The zero-order valence-electron chi connectivity index (χ0n) is 15.5. The molecule has 0 radical (unpaired) electrons. The van der Waals surface area contributed by atoms with Crippen molar-refractivity contribution in [1.29, 1.82) is 0 Å². The first kappa shape index (κ1) is 19.9. The van der Waals surface area contributed by atoms with Crippen LogP contribution in [0.3, 0.4) is 0 Å². The van der Waals surface area contributed by atoms with Gasteiger partial charge in [0.05, 0.1) is 5.69 Å². The molecule has 1 N–H and O–H groups in total. The SMILES string of the molecule is O=C(Cn1nc2c(SC3CCCCC3)nccn2c1=O)Nc1ccc(Cl)cc1F. The molecule has 2 aromatic heterocycles. The van der Waals surface area contributed by atoms with Gasteiger partial charge < -0.3 is 5.32 Å². The molecule has 2 heterocycles. The number of thioether (sulfide) groups is 1. The third-order valence-corrected chi connectivity index (χ3v) is 6.35. The van der Waals surface area contributed by atoms with Crippen LogP contribution in [0.5, 0.6) is 0 Å². The fourth-order valence-corrected chi connectivity index (χ4v) is 4.78. The summed E-state index contributed by atoms with van der Waals surface area (Å²) in [5.74, 6) is -1.21. The van der Waals surface area contributed by atoms with Crippen LogP contribution in [-0.4, -0.2) is 30.3 Å². The van der Waals surface area contributed by atoms with E-state index in [9.17, 15) is 14.0 Å². The fraction of sp³-hybridized carbons (Fsp3) is 0.368. The molecule has 1 fully saturated rings. The Hall–Kier alpha value is -2.39. The second-order valence-electron chi connectivity index (χ2n) is 6.92. The summed E-state index contributed by atoms with van der Waals surface area (Å²) >= 11 is 7.35. The van der Waals surface area contributed by atoms with E-state index >= 15 is 0 Å². The second kappa shape index (κ2) is 8.54. The first-order valence-corrected chi connectivity index (χ1v) is 10.6. The van der Waals surface area contributed by atoms with E-state index in [0.717, 1.165) is 23.6 Å². The quantitative estimate of drug-likeness (QED) is 0.660. The van der Waals surface area contributed by atoms with Crippen molar-refractivity contribution in [3.63, 3.8) is 0 Å². The molecule has 10 heteroatoms. The van der Waals surface area contributed by atoms with Crippen LogP contribution >= 0.6 is 23.4 Å². The minimum absolute atomic E-state index is 0.00794. The molecule has 1 amide bonds. The maximum atomic E-state index is 13.9. The normalized spacial score (nSPS) is 15.0.